The van der Waals surface area contributed by atoms with Gasteiger partial charge in [0.1, 0.15) is 17.4 Å². The zero-order chi connectivity index (χ0) is 18.1. The second kappa shape index (κ2) is 6.24. The molecule has 128 valence electrons. The van der Waals surface area contributed by atoms with E-state index >= 15 is 0 Å². The van der Waals surface area contributed by atoms with Crippen molar-refractivity contribution in [3.63, 3.8) is 0 Å². The summed E-state index contributed by atoms with van der Waals surface area (Å²) in [7, 11) is 3.02. The number of methoxy groups -OCH3 is 2. The first kappa shape index (κ1) is 16.5. The predicted octanol–water partition coefficient (Wildman–Crippen LogP) is 1.92. The molecule has 7 nitrogen and oxygen atoms in total. The molecule has 25 heavy (non-hydrogen) atoms. The van der Waals surface area contributed by atoms with Crippen LogP contribution in [0.2, 0.25) is 0 Å². The number of ether oxygens (including phenoxy) is 3. The zero-order valence-electron chi connectivity index (χ0n) is 14.0. The summed E-state index contributed by atoms with van der Waals surface area (Å²) < 4.78 is 16.3. The number of nitriles is 1. The summed E-state index contributed by atoms with van der Waals surface area (Å²) in [6.45, 7) is 1.74. The van der Waals surface area contributed by atoms with Crippen LogP contribution < -0.4 is 25.5 Å². The normalized spacial score (nSPS) is 15.8. The second-order valence-electron chi connectivity index (χ2n) is 5.57. The van der Waals surface area contributed by atoms with Crippen LogP contribution in [0.1, 0.15) is 22.7 Å². The summed E-state index contributed by atoms with van der Waals surface area (Å²) in [4.78, 5) is 15.4. The van der Waals surface area contributed by atoms with Crippen LogP contribution in [0, 0.1) is 18.3 Å². The molecule has 1 atom stereocenters. The van der Waals surface area contributed by atoms with Crippen LogP contribution in [0.3, 0.4) is 0 Å². The third kappa shape index (κ3) is 2.58. The molecule has 2 aromatic rings. The number of aromatic nitrogens is 1. The molecule has 1 aromatic heterocycles. The third-order valence-corrected chi connectivity index (χ3v) is 4.10. The molecule has 0 fully saturated rings. The van der Waals surface area contributed by atoms with Crippen LogP contribution >= 0.6 is 0 Å². The number of H-pyrrole nitrogens is 1. The SMILES string of the molecule is COc1cccc([C@H]2C(C#N)=C(N)Oc3cc(C)[nH]c(=O)c32)c1OC. The van der Waals surface area contributed by atoms with Crippen LogP contribution in [-0.2, 0) is 0 Å². The van der Waals surface area contributed by atoms with Crippen molar-refractivity contribution in [3.05, 3.63) is 62.9 Å². The number of hydrogen-bond donors (Lipinski definition) is 2. The number of hydrogen-bond acceptors (Lipinski definition) is 6. The number of fused-ring (bicyclic) bond motifs is 1. The van der Waals surface area contributed by atoms with Gasteiger partial charge >= 0.3 is 0 Å². The zero-order valence-corrected chi connectivity index (χ0v) is 14.0. The van der Waals surface area contributed by atoms with Crippen LogP contribution in [0.25, 0.3) is 0 Å². The van der Waals surface area contributed by atoms with E-state index in [0.29, 0.717) is 34.1 Å². The van der Waals surface area contributed by atoms with Crippen LogP contribution in [-0.4, -0.2) is 19.2 Å². The first-order valence-electron chi connectivity index (χ1n) is 7.54. The van der Waals surface area contributed by atoms with Gasteiger partial charge in [-0.25, -0.2) is 0 Å². The second-order valence-corrected chi connectivity index (χ2v) is 5.57. The molecule has 1 aromatic carbocycles. The molecule has 3 N–H and O–H groups in total. The molecule has 0 spiro atoms. The summed E-state index contributed by atoms with van der Waals surface area (Å²) in [5.74, 6) is 0.501. The van der Waals surface area contributed by atoms with Crippen molar-refractivity contribution < 1.29 is 14.2 Å². The summed E-state index contributed by atoms with van der Waals surface area (Å²) in [6.07, 6.45) is 0. The maximum atomic E-state index is 12.6. The van der Waals surface area contributed by atoms with Crippen molar-refractivity contribution >= 4 is 0 Å². The van der Waals surface area contributed by atoms with Crippen molar-refractivity contribution in [3.8, 4) is 23.3 Å². The fraction of sp³-hybridized carbons (Fsp3) is 0.222. The van der Waals surface area contributed by atoms with E-state index in [-0.39, 0.29) is 17.0 Å². The van der Waals surface area contributed by atoms with Crippen LogP contribution in [0.15, 0.2) is 40.5 Å². The Bertz CT molecular complexity index is 969. The van der Waals surface area contributed by atoms with Crippen molar-refractivity contribution in [1.82, 2.24) is 4.98 Å². The highest BCUT2D eigenvalue weighted by Crippen LogP contribution is 2.45. The number of aromatic amines is 1. The molecule has 0 amide bonds. The lowest BCUT2D eigenvalue weighted by molar-refractivity contribution is 0.349. The van der Waals surface area contributed by atoms with E-state index < -0.39 is 5.92 Å². The predicted molar refractivity (Wildman–Crippen MR) is 90.6 cm³/mol. The van der Waals surface area contributed by atoms with E-state index in [1.807, 2.05) is 0 Å². The average molecular weight is 339 g/mol. The number of benzene rings is 1. The first-order chi connectivity index (χ1) is 12.0. The molecule has 0 unspecified atom stereocenters. The van der Waals surface area contributed by atoms with Gasteiger partial charge in [0.05, 0.1) is 25.7 Å². The topological polar surface area (TPSA) is 110 Å². The molecular weight excluding hydrogens is 322 g/mol. The van der Waals surface area contributed by atoms with Gasteiger partial charge in [0.25, 0.3) is 5.56 Å². The Morgan fingerprint density at radius 1 is 1.32 bits per heavy atom. The molecule has 1 aliphatic heterocycles. The number of nitrogens with two attached hydrogens (primary N) is 1. The molecule has 3 rings (SSSR count). The lowest BCUT2D eigenvalue weighted by Gasteiger charge is -2.27. The van der Waals surface area contributed by atoms with Crippen LogP contribution in [0.4, 0.5) is 0 Å². The van der Waals surface area contributed by atoms with Crippen molar-refractivity contribution in [2.24, 2.45) is 5.73 Å². The molecule has 0 saturated heterocycles. The lowest BCUT2D eigenvalue weighted by Crippen LogP contribution is -2.28. The number of aryl methyl sites for hydroxylation is 1. The summed E-state index contributed by atoms with van der Waals surface area (Å²) >= 11 is 0. The number of rotatable bonds is 3. The minimum atomic E-state index is -0.719. The maximum Gasteiger partial charge on any atom is 0.256 e. The highest BCUT2D eigenvalue weighted by molar-refractivity contribution is 5.60. The van der Waals surface area contributed by atoms with Crippen molar-refractivity contribution in [2.45, 2.75) is 12.8 Å². The molecule has 1 aliphatic rings. The molecule has 0 radical (unpaired) electrons. The van der Waals surface area contributed by atoms with Gasteiger partial charge in [-0.1, -0.05) is 12.1 Å². The quantitative estimate of drug-likeness (QED) is 0.884. The van der Waals surface area contributed by atoms with E-state index in [4.69, 9.17) is 19.9 Å². The number of pyridine rings is 1. The standard InChI is InChI=1S/C18H17N3O4/c1-9-7-13-15(18(22)21-9)14(11(8-19)17(20)25-13)10-5-4-6-12(23-2)16(10)24-3/h4-7,14H,20H2,1-3H3,(H,21,22)/t14-/m0/s1. The fourth-order valence-corrected chi connectivity index (χ4v) is 3.06. The lowest BCUT2D eigenvalue weighted by atomic mass is 9.83. The van der Waals surface area contributed by atoms with Gasteiger partial charge in [-0.15, -0.1) is 0 Å². The van der Waals surface area contributed by atoms with E-state index in [0.717, 1.165) is 0 Å². The first-order valence-corrected chi connectivity index (χ1v) is 7.54. The van der Waals surface area contributed by atoms with Crippen molar-refractivity contribution in [2.75, 3.05) is 14.2 Å². The van der Waals surface area contributed by atoms with Gasteiger partial charge in [0.15, 0.2) is 11.5 Å². The Morgan fingerprint density at radius 3 is 2.72 bits per heavy atom. The number of nitrogens with one attached hydrogen (secondary N) is 1. The maximum absolute atomic E-state index is 12.6. The molecule has 0 aliphatic carbocycles. The van der Waals surface area contributed by atoms with Gasteiger partial charge in [-0.2, -0.15) is 5.26 Å². The minimum absolute atomic E-state index is 0.0325. The molecular formula is C18H17N3O4. The average Bonchev–Trinajstić information content (AvgIpc) is 2.59. The Morgan fingerprint density at radius 2 is 2.08 bits per heavy atom. The summed E-state index contributed by atoms with van der Waals surface area (Å²) in [6, 6.07) is 9.00. The van der Waals surface area contributed by atoms with E-state index in [2.05, 4.69) is 11.1 Å². The number of nitrogens with zero attached hydrogens (tertiary/aromatic N) is 1. The molecule has 2 heterocycles. The molecule has 0 saturated carbocycles. The highest BCUT2D eigenvalue weighted by Gasteiger charge is 2.35. The van der Waals surface area contributed by atoms with E-state index in [1.165, 1.54) is 14.2 Å². The number of allylic oxidation sites excluding steroid dienone is 1. The van der Waals surface area contributed by atoms with Gasteiger partial charge in [-0.05, 0) is 13.0 Å². The van der Waals surface area contributed by atoms with Crippen LogP contribution in [0.5, 0.6) is 17.2 Å². The van der Waals surface area contributed by atoms with Gasteiger partial charge in [-0.3, -0.25) is 4.79 Å². The Kier molecular flexibility index (Phi) is 4.11. The van der Waals surface area contributed by atoms with Gasteiger partial charge < -0.3 is 24.9 Å². The number of para-hydroxylation sites is 1. The Balaban J connectivity index is 2.36. The van der Waals surface area contributed by atoms with Gasteiger partial charge in [0.2, 0.25) is 5.88 Å². The van der Waals surface area contributed by atoms with E-state index in [9.17, 15) is 10.1 Å². The van der Waals surface area contributed by atoms with E-state index in [1.54, 1.807) is 31.2 Å². The smallest absolute Gasteiger partial charge is 0.256 e. The third-order valence-electron chi connectivity index (χ3n) is 4.10. The van der Waals surface area contributed by atoms with Crippen molar-refractivity contribution in [1.29, 1.82) is 5.26 Å². The fourth-order valence-electron chi connectivity index (χ4n) is 3.06. The summed E-state index contributed by atoms with van der Waals surface area (Å²) in [5, 5.41) is 9.60. The largest absolute Gasteiger partial charge is 0.493 e. The Hall–Kier alpha value is -3.40. The minimum Gasteiger partial charge on any atom is -0.493 e. The summed E-state index contributed by atoms with van der Waals surface area (Å²) in [5.41, 5.74) is 7.29. The highest BCUT2D eigenvalue weighted by atomic mass is 16.5. The molecule has 0 bridgehead atoms. The monoisotopic (exact) mass is 339 g/mol. The molecule has 7 heteroatoms. The Labute approximate surface area is 144 Å². The van der Waals surface area contributed by atoms with Gasteiger partial charge in [0, 0.05) is 17.3 Å².